The Morgan fingerprint density at radius 1 is 1.73 bits per heavy atom. The van der Waals surface area contributed by atoms with E-state index in [-0.39, 0.29) is 12.3 Å². The highest BCUT2D eigenvalue weighted by molar-refractivity contribution is 7.84. The fourth-order valence-electron chi connectivity index (χ4n) is 0.965. The van der Waals surface area contributed by atoms with Gasteiger partial charge in [0.15, 0.2) is 5.13 Å². The number of nitrogens with one attached hydrogen (secondary N) is 1. The van der Waals surface area contributed by atoms with Crippen LogP contribution < -0.4 is 11.1 Å². The number of thiazole rings is 1. The Kier molecular flexibility index (Phi) is 4.70. The summed E-state index contributed by atoms with van der Waals surface area (Å²) in [4.78, 5) is 15.3. The summed E-state index contributed by atoms with van der Waals surface area (Å²) < 4.78 is 10.7. The lowest BCUT2D eigenvalue weighted by Gasteiger charge is -2.01. The van der Waals surface area contributed by atoms with Gasteiger partial charge in [-0.2, -0.15) is 0 Å². The molecule has 0 fully saturated rings. The molecule has 3 N–H and O–H groups in total. The van der Waals surface area contributed by atoms with E-state index in [0.29, 0.717) is 23.1 Å². The summed E-state index contributed by atoms with van der Waals surface area (Å²) in [5.41, 5.74) is 6.10. The number of amides is 1. The summed E-state index contributed by atoms with van der Waals surface area (Å²) in [5, 5.41) is 4.89. The van der Waals surface area contributed by atoms with Crippen molar-refractivity contribution in [3.05, 3.63) is 11.1 Å². The van der Waals surface area contributed by atoms with Crippen LogP contribution in [0.4, 0.5) is 5.13 Å². The molecule has 0 aliphatic heterocycles. The fourth-order valence-corrected chi connectivity index (χ4v) is 1.92. The number of carbonyl (C=O) groups is 1. The van der Waals surface area contributed by atoms with Gasteiger partial charge in [-0.3, -0.25) is 9.00 Å². The van der Waals surface area contributed by atoms with Crippen LogP contribution in [0.1, 0.15) is 5.69 Å². The van der Waals surface area contributed by atoms with Crippen LogP contribution in [0.2, 0.25) is 0 Å². The molecule has 0 aliphatic carbocycles. The van der Waals surface area contributed by atoms with Gasteiger partial charge < -0.3 is 11.1 Å². The van der Waals surface area contributed by atoms with E-state index in [1.807, 2.05) is 0 Å². The molecule has 0 radical (unpaired) electrons. The second-order valence-corrected chi connectivity index (χ2v) is 5.43. The molecular weight excluding hydrogens is 234 g/mol. The third kappa shape index (κ3) is 4.89. The molecule has 1 rings (SSSR count). The molecule has 1 aromatic rings. The molecule has 5 nitrogen and oxygen atoms in total. The first-order valence-corrected chi connectivity index (χ1v) is 6.95. The average Bonchev–Trinajstić information content (AvgIpc) is 2.50. The Morgan fingerprint density at radius 2 is 2.47 bits per heavy atom. The van der Waals surface area contributed by atoms with Crippen LogP contribution in [0.3, 0.4) is 0 Å². The molecule has 0 saturated carbocycles. The van der Waals surface area contributed by atoms with Gasteiger partial charge in [-0.25, -0.2) is 4.98 Å². The normalized spacial score (nSPS) is 12.3. The van der Waals surface area contributed by atoms with Crippen LogP contribution in [-0.2, 0) is 22.0 Å². The lowest BCUT2D eigenvalue weighted by Crippen LogP contribution is -2.28. The van der Waals surface area contributed by atoms with Gasteiger partial charge in [0.1, 0.15) is 0 Å². The molecule has 1 atom stereocenters. The Bertz CT molecular complexity index is 365. The summed E-state index contributed by atoms with van der Waals surface area (Å²) in [6.07, 6.45) is 1.83. The summed E-state index contributed by atoms with van der Waals surface area (Å²) >= 11 is 1.31. The van der Waals surface area contributed by atoms with Crippen molar-refractivity contribution < 1.29 is 9.00 Å². The van der Waals surface area contributed by atoms with Crippen LogP contribution in [0.25, 0.3) is 0 Å². The van der Waals surface area contributed by atoms with Crippen molar-refractivity contribution in [1.29, 1.82) is 0 Å². The van der Waals surface area contributed by atoms with E-state index < -0.39 is 10.8 Å². The molecule has 15 heavy (non-hydrogen) atoms. The minimum atomic E-state index is -0.873. The number of aromatic nitrogens is 1. The van der Waals surface area contributed by atoms with Crippen molar-refractivity contribution in [3.8, 4) is 0 Å². The van der Waals surface area contributed by atoms with E-state index in [4.69, 9.17) is 5.73 Å². The van der Waals surface area contributed by atoms with Crippen LogP contribution >= 0.6 is 11.3 Å². The Balaban J connectivity index is 2.27. The van der Waals surface area contributed by atoms with E-state index in [1.165, 1.54) is 11.3 Å². The highest BCUT2D eigenvalue weighted by Crippen LogP contribution is 2.10. The smallest absolute Gasteiger partial charge is 0.226 e. The third-order valence-electron chi connectivity index (χ3n) is 1.62. The van der Waals surface area contributed by atoms with E-state index in [9.17, 15) is 9.00 Å². The number of nitrogens with zero attached hydrogens (tertiary/aromatic N) is 1. The highest BCUT2D eigenvalue weighted by Gasteiger charge is 2.05. The minimum Gasteiger partial charge on any atom is -0.375 e. The first-order chi connectivity index (χ1) is 7.08. The highest BCUT2D eigenvalue weighted by atomic mass is 32.2. The number of nitrogens with two attached hydrogens (primary N) is 1. The summed E-state index contributed by atoms with van der Waals surface area (Å²) in [6.45, 7) is 0.432. The van der Waals surface area contributed by atoms with Crippen molar-refractivity contribution in [1.82, 2.24) is 10.3 Å². The van der Waals surface area contributed by atoms with Gasteiger partial charge in [-0.1, -0.05) is 0 Å². The molecule has 84 valence electrons. The van der Waals surface area contributed by atoms with Gasteiger partial charge in [0.2, 0.25) is 5.91 Å². The van der Waals surface area contributed by atoms with E-state index in [0.717, 1.165) is 0 Å². The molecular formula is C8H13N3O2S2. The van der Waals surface area contributed by atoms with Gasteiger partial charge >= 0.3 is 0 Å². The molecule has 7 heteroatoms. The third-order valence-corrected chi connectivity index (χ3v) is 3.12. The molecule has 0 spiro atoms. The van der Waals surface area contributed by atoms with Crippen LogP contribution in [0.5, 0.6) is 0 Å². The second-order valence-electron chi connectivity index (χ2n) is 2.98. The van der Waals surface area contributed by atoms with E-state index >= 15 is 0 Å². The molecule has 1 aromatic heterocycles. The van der Waals surface area contributed by atoms with Gasteiger partial charge in [0.25, 0.3) is 0 Å². The van der Waals surface area contributed by atoms with Crippen LogP contribution in [-0.4, -0.2) is 33.7 Å². The quantitative estimate of drug-likeness (QED) is 0.752. The topological polar surface area (TPSA) is 85.1 Å². The monoisotopic (exact) mass is 247 g/mol. The molecule has 1 amide bonds. The van der Waals surface area contributed by atoms with E-state index in [1.54, 1.807) is 11.6 Å². The largest absolute Gasteiger partial charge is 0.375 e. The second kappa shape index (κ2) is 5.82. The van der Waals surface area contributed by atoms with Crippen molar-refractivity contribution >= 4 is 33.2 Å². The van der Waals surface area contributed by atoms with Crippen molar-refractivity contribution in [2.24, 2.45) is 0 Å². The maximum absolute atomic E-state index is 11.3. The SMILES string of the molecule is CS(=O)CCNC(=O)Cc1csc(N)n1. The number of rotatable bonds is 5. The molecule has 0 aromatic carbocycles. The number of hydrogen-bond donors (Lipinski definition) is 2. The van der Waals surface area contributed by atoms with Crippen molar-refractivity contribution in [3.63, 3.8) is 0 Å². The van der Waals surface area contributed by atoms with Gasteiger partial charge in [0, 0.05) is 34.7 Å². The lowest BCUT2D eigenvalue weighted by atomic mass is 10.3. The zero-order valence-corrected chi connectivity index (χ0v) is 9.99. The average molecular weight is 247 g/mol. The first kappa shape index (κ1) is 12.1. The predicted molar refractivity (Wildman–Crippen MR) is 62.2 cm³/mol. The zero-order valence-electron chi connectivity index (χ0n) is 8.36. The number of hydrogen-bond acceptors (Lipinski definition) is 5. The molecule has 0 bridgehead atoms. The van der Waals surface area contributed by atoms with E-state index in [2.05, 4.69) is 10.3 Å². The maximum Gasteiger partial charge on any atom is 0.226 e. The Labute approximate surface area is 94.5 Å². The van der Waals surface area contributed by atoms with Gasteiger partial charge in [-0.15, -0.1) is 11.3 Å². The number of carbonyl (C=O) groups excluding carboxylic acids is 1. The zero-order chi connectivity index (χ0) is 11.3. The van der Waals surface area contributed by atoms with Crippen molar-refractivity contribution in [2.45, 2.75) is 6.42 Å². The fraction of sp³-hybridized carbons (Fsp3) is 0.500. The predicted octanol–water partition coefficient (Wildman–Crippen LogP) is -0.237. The van der Waals surface area contributed by atoms with Crippen LogP contribution in [0.15, 0.2) is 5.38 Å². The van der Waals surface area contributed by atoms with Crippen molar-refractivity contribution in [2.75, 3.05) is 24.3 Å². The number of anilines is 1. The van der Waals surface area contributed by atoms with Gasteiger partial charge in [0.05, 0.1) is 12.1 Å². The summed E-state index contributed by atoms with van der Waals surface area (Å²) in [6, 6.07) is 0. The standard InChI is InChI=1S/C8H13N3O2S2/c1-15(13)3-2-10-7(12)4-6-5-14-8(9)11-6/h5H,2-4H2,1H3,(H2,9,11)(H,10,12). The Hall–Kier alpha value is -0.950. The summed E-state index contributed by atoms with van der Waals surface area (Å²) in [7, 11) is -0.873. The Morgan fingerprint density at radius 3 is 3.00 bits per heavy atom. The van der Waals surface area contributed by atoms with Gasteiger partial charge in [-0.05, 0) is 0 Å². The lowest BCUT2D eigenvalue weighted by molar-refractivity contribution is -0.120. The number of nitrogen functional groups attached to an aromatic ring is 1. The molecule has 0 saturated heterocycles. The molecule has 0 aliphatic rings. The minimum absolute atomic E-state index is 0.120. The van der Waals surface area contributed by atoms with Crippen LogP contribution in [0, 0.1) is 0 Å². The molecule has 1 unspecified atom stereocenters. The maximum atomic E-state index is 11.3. The first-order valence-electron chi connectivity index (χ1n) is 4.34. The molecule has 1 heterocycles. The summed E-state index contributed by atoms with van der Waals surface area (Å²) in [5.74, 6) is 0.357.